The minimum absolute atomic E-state index is 0.143. The number of carbonyl (C=O) groups is 1. The first-order valence-corrected chi connectivity index (χ1v) is 7.18. The second-order valence-corrected chi connectivity index (χ2v) is 4.86. The highest BCUT2D eigenvalue weighted by Crippen LogP contribution is 2.19. The van der Waals surface area contributed by atoms with Crippen molar-refractivity contribution in [2.75, 3.05) is 7.11 Å². The number of carbonyl (C=O) groups excluding carboxylic acids is 1. The Morgan fingerprint density at radius 2 is 1.67 bits per heavy atom. The molecule has 0 N–H and O–H groups in total. The molecule has 0 saturated carbocycles. The van der Waals surface area contributed by atoms with E-state index >= 15 is 0 Å². The quantitative estimate of drug-likeness (QED) is 0.566. The highest BCUT2D eigenvalue weighted by Gasteiger charge is 1.98. The van der Waals surface area contributed by atoms with Crippen LogP contribution in [0.25, 0.3) is 17.2 Å². The van der Waals surface area contributed by atoms with Gasteiger partial charge in [0.05, 0.1) is 7.11 Å². The first-order valence-electron chi connectivity index (χ1n) is 7.18. The smallest absolute Gasteiger partial charge is 0.305 e. The second kappa shape index (κ2) is 8.05. The fraction of sp³-hybridized carbons (Fsp3) is 0.211. The van der Waals surface area contributed by atoms with Crippen molar-refractivity contribution >= 4 is 12.0 Å². The summed E-state index contributed by atoms with van der Waals surface area (Å²) in [5.74, 6) is -0.143. The summed E-state index contributed by atoms with van der Waals surface area (Å²) in [4.78, 5) is 11.0. The van der Waals surface area contributed by atoms with Crippen molar-refractivity contribution in [1.29, 1.82) is 0 Å². The van der Waals surface area contributed by atoms with Gasteiger partial charge in [-0.25, -0.2) is 0 Å². The summed E-state index contributed by atoms with van der Waals surface area (Å²) < 4.78 is 4.61. The molecule has 2 heteroatoms. The van der Waals surface area contributed by atoms with Gasteiger partial charge in [0, 0.05) is 6.42 Å². The predicted molar refractivity (Wildman–Crippen MR) is 86.8 cm³/mol. The molecule has 0 bridgehead atoms. The van der Waals surface area contributed by atoms with Crippen LogP contribution in [0.5, 0.6) is 0 Å². The van der Waals surface area contributed by atoms with Crippen molar-refractivity contribution in [3.8, 4) is 11.1 Å². The van der Waals surface area contributed by atoms with Crippen molar-refractivity contribution in [1.82, 2.24) is 0 Å². The van der Waals surface area contributed by atoms with Gasteiger partial charge < -0.3 is 4.74 Å². The summed E-state index contributed by atoms with van der Waals surface area (Å²) in [6.07, 6.45) is 6.38. The third-order valence-corrected chi connectivity index (χ3v) is 3.31. The molecule has 0 aromatic heterocycles. The van der Waals surface area contributed by atoms with Crippen LogP contribution in [-0.2, 0) is 9.53 Å². The molecule has 0 aliphatic carbocycles. The van der Waals surface area contributed by atoms with E-state index < -0.39 is 0 Å². The molecule has 0 heterocycles. The zero-order chi connectivity index (χ0) is 14.9. The highest BCUT2D eigenvalue weighted by atomic mass is 16.5. The van der Waals surface area contributed by atoms with Crippen LogP contribution < -0.4 is 0 Å². The Morgan fingerprint density at radius 3 is 2.33 bits per heavy atom. The van der Waals surface area contributed by atoms with Crippen LogP contribution in [0.2, 0.25) is 0 Å². The van der Waals surface area contributed by atoms with E-state index in [4.69, 9.17) is 0 Å². The first kappa shape index (κ1) is 15.0. The van der Waals surface area contributed by atoms with Gasteiger partial charge >= 0.3 is 5.97 Å². The predicted octanol–water partition coefficient (Wildman–Crippen LogP) is 4.71. The highest BCUT2D eigenvalue weighted by molar-refractivity contribution is 5.69. The van der Waals surface area contributed by atoms with Crippen molar-refractivity contribution < 1.29 is 9.53 Å². The molecule has 2 aromatic rings. The Kier molecular flexibility index (Phi) is 5.77. The lowest BCUT2D eigenvalue weighted by Crippen LogP contribution is -1.98. The lowest BCUT2D eigenvalue weighted by molar-refractivity contribution is -0.140. The number of esters is 1. The molecule has 0 aliphatic rings. The Bertz CT molecular complexity index is 583. The lowest BCUT2D eigenvalue weighted by Gasteiger charge is -2.01. The molecule has 0 aliphatic heterocycles. The van der Waals surface area contributed by atoms with Crippen LogP contribution in [0.15, 0.2) is 60.7 Å². The first-order chi connectivity index (χ1) is 10.3. The van der Waals surface area contributed by atoms with Crippen molar-refractivity contribution in [2.24, 2.45) is 0 Å². The number of ether oxygens (including phenoxy) is 1. The maximum Gasteiger partial charge on any atom is 0.305 e. The monoisotopic (exact) mass is 280 g/mol. The number of allylic oxidation sites excluding steroid dienone is 1. The Hall–Kier alpha value is -2.35. The molecule has 2 rings (SSSR count). The maximum absolute atomic E-state index is 11.0. The molecule has 0 spiro atoms. The summed E-state index contributed by atoms with van der Waals surface area (Å²) in [5, 5.41) is 0. The average Bonchev–Trinajstić information content (AvgIpc) is 2.55. The van der Waals surface area contributed by atoms with E-state index in [9.17, 15) is 4.79 Å². The van der Waals surface area contributed by atoms with Crippen molar-refractivity contribution in [2.45, 2.75) is 19.3 Å². The van der Waals surface area contributed by atoms with Crippen LogP contribution in [0.4, 0.5) is 0 Å². The molecule has 0 fully saturated rings. The molecular weight excluding hydrogens is 260 g/mol. The van der Waals surface area contributed by atoms with E-state index in [1.54, 1.807) is 0 Å². The van der Waals surface area contributed by atoms with Gasteiger partial charge in [-0.2, -0.15) is 0 Å². The number of rotatable bonds is 6. The summed E-state index contributed by atoms with van der Waals surface area (Å²) in [6.45, 7) is 0. The number of hydrogen-bond acceptors (Lipinski definition) is 2. The third kappa shape index (κ3) is 4.92. The van der Waals surface area contributed by atoms with Gasteiger partial charge in [-0.3, -0.25) is 4.79 Å². The van der Waals surface area contributed by atoms with Gasteiger partial charge in [-0.15, -0.1) is 0 Å². The molecule has 0 unspecified atom stereocenters. The van der Waals surface area contributed by atoms with E-state index in [2.05, 4.69) is 53.3 Å². The van der Waals surface area contributed by atoms with E-state index in [1.165, 1.54) is 23.8 Å². The SMILES string of the molecule is COC(=O)CCCC=Cc1ccc(-c2ccccc2)cc1. The van der Waals surface area contributed by atoms with Crippen LogP contribution in [-0.4, -0.2) is 13.1 Å². The number of benzene rings is 2. The minimum atomic E-state index is -0.143. The van der Waals surface area contributed by atoms with Crippen LogP contribution in [0.1, 0.15) is 24.8 Å². The normalized spacial score (nSPS) is 10.7. The van der Waals surface area contributed by atoms with Gasteiger partial charge in [-0.1, -0.05) is 66.7 Å². The fourth-order valence-electron chi connectivity index (χ4n) is 2.10. The Morgan fingerprint density at radius 1 is 1.00 bits per heavy atom. The van der Waals surface area contributed by atoms with Gasteiger partial charge in [0.1, 0.15) is 0 Å². The summed E-state index contributed by atoms with van der Waals surface area (Å²) >= 11 is 0. The zero-order valence-electron chi connectivity index (χ0n) is 12.3. The molecule has 0 saturated heterocycles. The largest absolute Gasteiger partial charge is 0.469 e. The lowest BCUT2D eigenvalue weighted by atomic mass is 10.0. The average molecular weight is 280 g/mol. The molecule has 2 aromatic carbocycles. The molecule has 2 nitrogen and oxygen atoms in total. The molecule has 0 amide bonds. The topological polar surface area (TPSA) is 26.3 Å². The van der Waals surface area contributed by atoms with Crippen LogP contribution in [0, 0.1) is 0 Å². The van der Waals surface area contributed by atoms with Gasteiger partial charge in [0.2, 0.25) is 0 Å². The molecule has 0 atom stereocenters. The van der Waals surface area contributed by atoms with E-state index in [1.807, 2.05) is 18.2 Å². The van der Waals surface area contributed by atoms with Crippen molar-refractivity contribution in [3.63, 3.8) is 0 Å². The number of unbranched alkanes of at least 4 members (excludes halogenated alkanes) is 1. The summed E-state index contributed by atoms with van der Waals surface area (Å²) in [5.41, 5.74) is 3.62. The van der Waals surface area contributed by atoms with E-state index in [0.29, 0.717) is 6.42 Å². The van der Waals surface area contributed by atoms with Crippen LogP contribution >= 0.6 is 0 Å². The standard InChI is InChI=1S/C19H20O2/c1-21-19(20)11-7-2-4-8-16-12-14-18(15-13-16)17-9-5-3-6-10-17/h3-6,8-10,12-15H,2,7,11H2,1H3. The zero-order valence-corrected chi connectivity index (χ0v) is 12.3. The molecular formula is C19H20O2. The second-order valence-electron chi connectivity index (χ2n) is 4.86. The van der Waals surface area contributed by atoms with Gasteiger partial charge in [-0.05, 0) is 29.5 Å². The van der Waals surface area contributed by atoms with E-state index in [0.717, 1.165) is 12.8 Å². The molecule has 21 heavy (non-hydrogen) atoms. The van der Waals surface area contributed by atoms with Crippen molar-refractivity contribution in [3.05, 3.63) is 66.2 Å². The Labute approximate surface area is 126 Å². The minimum Gasteiger partial charge on any atom is -0.469 e. The summed E-state index contributed by atoms with van der Waals surface area (Å²) in [7, 11) is 1.42. The number of methoxy groups -OCH3 is 1. The fourth-order valence-corrected chi connectivity index (χ4v) is 2.10. The number of hydrogen-bond donors (Lipinski definition) is 0. The third-order valence-electron chi connectivity index (χ3n) is 3.31. The molecule has 108 valence electrons. The maximum atomic E-state index is 11.0. The van der Waals surface area contributed by atoms with Crippen LogP contribution in [0.3, 0.4) is 0 Å². The van der Waals surface area contributed by atoms with Gasteiger partial charge in [0.25, 0.3) is 0 Å². The summed E-state index contributed by atoms with van der Waals surface area (Å²) in [6, 6.07) is 18.8. The van der Waals surface area contributed by atoms with E-state index in [-0.39, 0.29) is 5.97 Å². The van der Waals surface area contributed by atoms with Gasteiger partial charge in [0.15, 0.2) is 0 Å². The molecule has 0 radical (unpaired) electrons. The Balaban J connectivity index is 1.86.